The van der Waals surface area contributed by atoms with E-state index >= 15 is 0 Å². The minimum atomic E-state index is -1.11. The molecule has 0 aromatic carbocycles. The van der Waals surface area contributed by atoms with E-state index in [2.05, 4.69) is 0 Å². The Morgan fingerprint density at radius 1 is 0.538 bits per heavy atom. The summed E-state index contributed by atoms with van der Waals surface area (Å²) in [5.74, 6) is 0. The van der Waals surface area contributed by atoms with Crippen LogP contribution in [0.15, 0.2) is 0 Å². The van der Waals surface area contributed by atoms with Crippen molar-refractivity contribution in [2.45, 2.75) is 0 Å². The zero-order valence-corrected chi connectivity index (χ0v) is 11.1. The van der Waals surface area contributed by atoms with Gasteiger partial charge < -0.3 is 20.4 Å². The van der Waals surface area contributed by atoms with E-state index in [9.17, 15) is 0 Å². The molecule has 13 heavy (non-hydrogen) atoms. The van der Waals surface area contributed by atoms with Gasteiger partial charge in [-0.15, -0.1) is 0 Å². The number of hydrogen-bond acceptors (Lipinski definition) is 4. The van der Waals surface area contributed by atoms with E-state index in [1.54, 1.807) is 0 Å². The first-order valence-electron chi connectivity index (χ1n) is 2.68. The maximum atomic E-state index is 8.50. The number of aliphatic hydroxyl groups excluding tert-OH is 4. The second kappa shape index (κ2) is 15.7. The topological polar surface area (TPSA) is 80.9 Å². The number of hydrogen-bond donors (Lipinski definition) is 4. The lowest BCUT2D eigenvalue weighted by Crippen LogP contribution is -2.37. The highest BCUT2D eigenvalue weighted by molar-refractivity contribution is 7.59. The van der Waals surface area contributed by atoms with Gasteiger partial charge in [-0.2, -0.15) is 54.0 Å². The van der Waals surface area contributed by atoms with Crippen LogP contribution in [0, 0.1) is 5.41 Å². The molecule has 0 aromatic rings. The van der Waals surface area contributed by atoms with Gasteiger partial charge in [-0.1, -0.05) is 0 Å². The van der Waals surface area contributed by atoms with Crippen LogP contribution in [0.1, 0.15) is 0 Å². The molecule has 0 bridgehead atoms. The second-order valence-electron chi connectivity index (χ2n) is 2.13. The van der Waals surface area contributed by atoms with Gasteiger partial charge >= 0.3 is 0 Å². The summed E-state index contributed by atoms with van der Waals surface area (Å²) in [6, 6.07) is 0. The minimum absolute atomic E-state index is 0. The van der Waals surface area contributed by atoms with Crippen molar-refractivity contribution in [2.75, 3.05) is 26.4 Å². The van der Waals surface area contributed by atoms with Gasteiger partial charge in [0.2, 0.25) is 0 Å². The largest absolute Gasteiger partial charge is 0.396 e. The standard InChI is InChI=1S/C5H12O4.4H2S/c6-1-5(2-7,3-8)4-9;;;;/h6-9H,1-4H2;4*1H2. The monoisotopic (exact) mass is 272 g/mol. The molecular weight excluding hydrogens is 252 g/mol. The first-order valence-corrected chi connectivity index (χ1v) is 2.68. The Kier molecular flexibility index (Phi) is 35.3. The summed E-state index contributed by atoms with van der Waals surface area (Å²) in [6.07, 6.45) is 0. The SMILES string of the molecule is OCC(CO)(CO)CO.S.S.S.S. The van der Waals surface area contributed by atoms with Gasteiger partial charge in [-0.05, 0) is 0 Å². The van der Waals surface area contributed by atoms with Crippen molar-refractivity contribution in [1.29, 1.82) is 0 Å². The molecule has 88 valence electrons. The fourth-order valence-electron chi connectivity index (χ4n) is 0.300. The molecule has 0 aliphatic carbocycles. The van der Waals surface area contributed by atoms with E-state index in [1.165, 1.54) is 0 Å². The van der Waals surface area contributed by atoms with Gasteiger partial charge in [0.05, 0.1) is 31.8 Å². The van der Waals surface area contributed by atoms with E-state index in [-0.39, 0.29) is 54.0 Å². The average molecular weight is 272 g/mol. The van der Waals surface area contributed by atoms with Crippen molar-refractivity contribution >= 4 is 54.0 Å². The van der Waals surface area contributed by atoms with E-state index in [4.69, 9.17) is 20.4 Å². The molecule has 0 spiro atoms. The molecule has 0 amide bonds. The van der Waals surface area contributed by atoms with Gasteiger partial charge in [0.1, 0.15) is 0 Å². The van der Waals surface area contributed by atoms with Crippen molar-refractivity contribution in [2.24, 2.45) is 5.41 Å². The average Bonchev–Trinajstić information content (AvgIpc) is 1.95. The molecule has 0 saturated carbocycles. The smallest absolute Gasteiger partial charge is 0.0627 e. The number of aliphatic hydroxyl groups is 4. The van der Waals surface area contributed by atoms with Crippen molar-refractivity contribution in [3.8, 4) is 0 Å². The van der Waals surface area contributed by atoms with Crippen molar-refractivity contribution in [3.63, 3.8) is 0 Å². The quantitative estimate of drug-likeness (QED) is 0.497. The van der Waals surface area contributed by atoms with Crippen molar-refractivity contribution < 1.29 is 20.4 Å². The Morgan fingerprint density at radius 2 is 0.692 bits per heavy atom. The van der Waals surface area contributed by atoms with Crippen LogP contribution in [-0.2, 0) is 0 Å². The molecule has 0 atom stereocenters. The molecule has 0 aromatic heterocycles. The third-order valence-corrected chi connectivity index (χ3v) is 1.34. The summed E-state index contributed by atoms with van der Waals surface area (Å²) < 4.78 is 0. The fourth-order valence-corrected chi connectivity index (χ4v) is 0.300. The highest BCUT2D eigenvalue weighted by Gasteiger charge is 2.26. The first-order chi connectivity index (χ1) is 4.24. The van der Waals surface area contributed by atoms with Crippen molar-refractivity contribution in [3.05, 3.63) is 0 Å². The van der Waals surface area contributed by atoms with E-state index < -0.39 is 31.8 Å². The maximum absolute atomic E-state index is 8.50. The zero-order valence-electron chi connectivity index (χ0n) is 7.12. The van der Waals surface area contributed by atoms with Crippen LogP contribution in [-0.4, -0.2) is 46.9 Å². The summed E-state index contributed by atoms with van der Waals surface area (Å²) in [6.45, 7) is -1.62. The first kappa shape index (κ1) is 29.2. The second-order valence-corrected chi connectivity index (χ2v) is 2.13. The molecule has 0 saturated heterocycles. The predicted octanol–water partition coefficient (Wildman–Crippen LogP) is -1.61. The molecule has 0 aliphatic rings. The van der Waals surface area contributed by atoms with Crippen LogP contribution in [0.4, 0.5) is 0 Å². The Morgan fingerprint density at radius 3 is 0.692 bits per heavy atom. The van der Waals surface area contributed by atoms with Crippen LogP contribution in [0.25, 0.3) is 0 Å². The molecule has 0 radical (unpaired) electrons. The Balaban J connectivity index is -0.0000000533. The highest BCUT2D eigenvalue weighted by Crippen LogP contribution is 2.11. The molecule has 0 fully saturated rings. The summed E-state index contributed by atoms with van der Waals surface area (Å²) in [4.78, 5) is 0. The van der Waals surface area contributed by atoms with Crippen molar-refractivity contribution in [1.82, 2.24) is 0 Å². The van der Waals surface area contributed by atoms with Gasteiger partial charge in [0.15, 0.2) is 0 Å². The third-order valence-electron chi connectivity index (χ3n) is 1.34. The normalized spacial score (nSPS) is 8.31. The summed E-state index contributed by atoms with van der Waals surface area (Å²) in [5.41, 5.74) is -1.11. The highest BCUT2D eigenvalue weighted by atomic mass is 32.1. The lowest BCUT2D eigenvalue weighted by atomic mass is 9.93. The lowest BCUT2D eigenvalue weighted by molar-refractivity contribution is -0.0328. The maximum Gasteiger partial charge on any atom is 0.0627 e. The molecule has 0 rings (SSSR count). The van der Waals surface area contributed by atoms with Crippen LogP contribution in [0.3, 0.4) is 0 Å². The Hall–Kier alpha value is 1.24. The van der Waals surface area contributed by atoms with Crippen LogP contribution in [0.2, 0.25) is 0 Å². The molecule has 4 nitrogen and oxygen atoms in total. The number of rotatable bonds is 4. The van der Waals surface area contributed by atoms with Crippen LogP contribution in [0.5, 0.6) is 0 Å². The summed E-state index contributed by atoms with van der Waals surface area (Å²) in [5, 5.41) is 34.0. The molecule has 0 heterocycles. The summed E-state index contributed by atoms with van der Waals surface area (Å²) in [7, 11) is 0. The van der Waals surface area contributed by atoms with Crippen LogP contribution >= 0.6 is 54.0 Å². The molecular formula is C5H20O4S4. The zero-order chi connectivity index (χ0) is 7.33. The summed E-state index contributed by atoms with van der Waals surface area (Å²) >= 11 is 0. The van der Waals surface area contributed by atoms with Gasteiger partial charge in [0.25, 0.3) is 0 Å². The Bertz CT molecular complexity index is 63.4. The van der Waals surface area contributed by atoms with Gasteiger partial charge in [0, 0.05) is 0 Å². The molecule has 0 aliphatic heterocycles. The Labute approximate surface area is 106 Å². The van der Waals surface area contributed by atoms with Crippen LogP contribution < -0.4 is 0 Å². The van der Waals surface area contributed by atoms with Gasteiger partial charge in [-0.3, -0.25) is 0 Å². The molecule has 0 unspecified atom stereocenters. The third kappa shape index (κ3) is 9.54. The van der Waals surface area contributed by atoms with E-state index in [0.29, 0.717) is 0 Å². The lowest BCUT2D eigenvalue weighted by Gasteiger charge is -2.23. The van der Waals surface area contributed by atoms with E-state index in [0.717, 1.165) is 0 Å². The fraction of sp³-hybridized carbons (Fsp3) is 1.00. The van der Waals surface area contributed by atoms with E-state index in [1.807, 2.05) is 0 Å². The molecule has 4 N–H and O–H groups in total. The predicted molar refractivity (Wildman–Crippen MR) is 72.3 cm³/mol. The van der Waals surface area contributed by atoms with Gasteiger partial charge in [-0.25, -0.2) is 0 Å². The minimum Gasteiger partial charge on any atom is -0.396 e. The molecule has 8 heteroatoms.